The van der Waals surface area contributed by atoms with Gasteiger partial charge in [-0.1, -0.05) is 30.3 Å². The van der Waals surface area contributed by atoms with Crippen LogP contribution >= 0.6 is 0 Å². The van der Waals surface area contributed by atoms with Crippen molar-refractivity contribution in [3.05, 3.63) is 64.7 Å². The van der Waals surface area contributed by atoms with Crippen LogP contribution in [0.25, 0.3) is 0 Å². The highest BCUT2D eigenvalue weighted by molar-refractivity contribution is 6.01. The fourth-order valence-electron chi connectivity index (χ4n) is 5.38. The molecule has 35 heavy (non-hydrogen) atoms. The minimum absolute atomic E-state index is 0.0696. The number of carboxylic acid groups (broad SMARTS) is 1. The predicted molar refractivity (Wildman–Crippen MR) is 129 cm³/mol. The second-order valence-corrected chi connectivity index (χ2v) is 9.59. The van der Waals surface area contributed by atoms with Gasteiger partial charge in [0, 0.05) is 30.8 Å². The fraction of sp³-hybridized carbons (Fsp3) is 0.444. The second kappa shape index (κ2) is 9.98. The number of ether oxygens (including phenoxy) is 1. The van der Waals surface area contributed by atoms with Crippen molar-refractivity contribution in [3.63, 3.8) is 0 Å². The van der Waals surface area contributed by atoms with Crippen LogP contribution in [0, 0.1) is 0 Å². The lowest BCUT2D eigenvalue weighted by molar-refractivity contribution is -0.125. The molecular weight excluding hydrogens is 446 g/mol. The molecule has 1 atom stereocenters. The fourth-order valence-corrected chi connectivity index (χ4v) is 5.38. The summed E-state index contributed by atoms with van der Waals surface area (Å²) < 4.78 is 6.14. The maximum atomic E-state index is 13.1. The summed E-state index contributed by atoms with van der Waals surface area (Å²) in [7, 11) is 0. The van der Waals surface area contributed by atoms with E-state index < -0.39 is 12.1 Å². The van der Waals surface area contributed by atoms with Crippen LogP contribution in [-0.4, -0.2) is 58.5 Å². The molecule has 2 saturated heterocycles. The molecule has 8 heteroatoms. The number of fused-ring (bicyclic) bond motifs is 1. The first-order valence-corrected chi connectivity index (χ1v) is 12.4. The van der Waals surface area contributed by atoms with Crippen molar-refractivity contribution in [2.24, 2.45) is 0 Å². The van der Waals surface area contributed by atoms with Gasteiger partial charge < -0.3 is 25.0 Å². The molecule has 0 saturated carbocycles. The molecular formula is C27H31N3O5. The second-order valence-electron chi connectivity index (χ2n) is 9.59. The number of hydrogen-bond acceptors (Lipinski definition) is 4. The zero-order valence-corrected chi connectivity index (χ0v) is 19.7. The topological polar surface area (TPSA) is 99.2 Å². The number of nitrogens with zero attached hydrogens (tertiary/aromatic N) is 2. The first-order chi connectivity index (χ1) is 17.0. The molecule has 1 unspecified atom stereocenters. The molecule has 0 spiro atoms. The molecule has 3 aliphatic rings. The lowest BCUT2D eigenvalue weighted by atomic mass is 9.89. The van der Waals surface area contributed by atoms with Crippen LogP contribution < -0.4 is 10.1 Å². The highest BCUT2D eigenvalue weighted by Gasteiger charge is 2.38. The first kappa shape index (κ1) is 23.2. The predicted octanol–water partition coefficient (Wildman–Crippen LogP) is 3.75. The van der Waals surface area contributed by atoms with Gasteiger partial charge in [0.15, 0.2) is 0 Å². The van der Waals surface area contributed by atoms with E-state index in [0.29, 0.717) is 56.4 Å². The largest absolute Gasteiger partial charge is 0.489 e. The SMILES string of the molecule is O=C1NCCCCC1N1Cc2c(OCc3ccc(C4CCN(C(=O)O)CC4)cc3)cccc2C1=O. The van der Waals surface area contributed by atoms with Crippen LogP contribution in [0.4, 0.5) is 4.79 Å². The maximum Gasteiger partial charge on any atom is 0.407 e. The van der Waals surface area contributed by atoms with E-state index in [-0.39, 0.29) is 11.8 Å². The molecule has 0 aromatic heterocycles. The van der Waals surface area contributed by atoms with Gasteiger partial charge in [-0.05, 0) is 61.3 Å². The standard InChI is InChI=1S/C27H31N3O5/c31-25-23(5-1-2-13-28-25)30-16-22-21(26(30)32)4-3-6-24(22)35-17-18-7-9-19(10-8-18)20-11-14-29(15-12-20)27(33)34/h3-4,6-10,20,23H,1-2,5,11-17H2,(H,28,31)(H,33,34). The molecule has 3 aliphatic heterocycles. The van der Waals surface area contributed by atoms with Gasteiger partial charge in [-0.2, -0.15) is 0 Å². The van der Waals surface area contributed by atoms with E-state index >= 15 is 0 Å². The van der Waals surface area contributed by atoms with Gasteiger partial charge in [0.2, 0.25) is 5.91 Å². The van der Waals surface area contributed by atoms with Crippen molar-refractivity contribution in [2.45, 2.75) is 57.2 Å². The summed E-state index contributed by atoms with van der Waals surface area (Å²) >= 11 is 0. The molecule has 184 valence electrons. The molecule has 2 fully saturated rings. The Kier molecular flexibility index (Phi) is 6.61. The lowest BCUT2D eigenvalue weighted by Gasteiger charge is -2.30. The summed E-state index contributed by atoms with van der Waals surface area (Å²) in [4.78, 5) is 39.9. The van der Waals surface area contributed by atoms with Gasteiger partial charge in [0.05, 0.1) is 6.54 Å². The highest BCUT2D eigenvalue weighted by atomic mass is 16.5. The van der Waals surface area contributed by atoms with Crippen LogP contribution in [0.15, 0.2) is 42.5 Å². The Bertz CT molecular complexity index is 1110. The Morgan fingerprint density at radius 3 is 2.54 bits per heavy atom. The van der Waals surface area contributed by atoms with Crippen LogP contribution in [0.1, 0.15) is 65.1 Å². The van der Waals surface area contributed by atoms with Crippen molar-refractivity contribution in [1.82, 2.24) is 15.1 Å². The number of hydrogen-bond donors (Lipinski definition) is 2. The third kappa shape index (κ3) is 4.83. The van der Waals surface area contributed by atoms with Crippen molar-refractivity contribution in [2.75, 3.05) is 19.6 Å². The molecule has 2 N–H and O–H groups in total. The number of piperidine rings is 1. The van der Waals surface area contributed by atoms with E-state index in [1.807, 2.05) is 18.2 Å². The van der Waals surface area contributed by atoms with Crippen molar-refractivity contribution in [1.29, 1.82) is 0 Å². The lowest BCUT2D eigenvalue weighted by Crippen LogP contribution is -2.45. The molecule has 2 aromatic carbocycles. The van der Waals surface area contributed by atoms with E-state index in [4.69, 9.17) is 9.84 Å². The van der Waals surface area contributed by atoms with Gasteiger partial charge >= 0.3 is 6.09 Å². The molecule has 3 heterocycles. The summed E-state index contributed by atoms with van der Waals surface area (Å²) in [5.41, 5.74) is 3.71. The van der Waals surface area contributed by atoms with E-state index in [2.05, 4.69) is 29.6 Å². The smallest absolute Gasteiger partial charge is 0.407 e. The molecule has 0 bridgehead atoms. The van der Waals surface area contributed by atoms with Crippen LogP contribution in [-0.2, 0) is 17.9 Å². The third-order valence-corrected chi connectivity index (χ3v) is 7.45. The average Bonchev–Trinajstić information content (AvgIpc) is 3.06. The molecule has 5 rings (SSSR count). The molecule has 0 aliphatic carbocycles. The summed E-state index contributed by atoms with van der Waals surface area (Å²) in [5, 5.41) is 12.1. The number of likely N-dealkylation sites (tertiary alicyclic amines) is 1. The molecule has 0 radical (unpaired) electrons. The molecule has 3 amide bonds. The number of amides is 3. The summed E-state index contributed by atoms with van der Waals surface area (Å²) in [6.07, 6.45) is 3.37. The van der Waals surface area contributed by atoms with Crippen molar-refractivity contribution < 1.29 is 24.2 Å². The van der Waals surface area contributed by atoms with Crippen molar-refractivity contribution >= 4 is 17.9 Å². The van der Waals surface area contributed by atoms with Gasteiger partial charge in [0.1, 0.15) is 18.4 Å². The number of benzene rings is 2. The van der Waals surface area contributed by atoms with Gasteiger partial charge in [-0.15, -0.1) is 0 Å². The number of carbonyl (C=O) groups excluding carboxylic acids is 2. The Morgan fingerprint density at radius 2 is 1.80 bits per heavy atom. The van der Waals surface area contributed by atoms with Crippen LogP contribution in [0.2, 0.25) is 0 Å². The van der Waals surface area contributed by atoms with Crippen LogP contribution in [0.5, 0.6) is 5.75 Å². The normalized spacial score (nSPS) is 20.9. The maximum absolute atomic E-state index is 13.1. The van der Waals surface area contributed by atoms with E-state index in [1.54, 1.807) is 4.90 Å². The first-order valence-electron chi connectivity index (χ1n) is 12.4. The van der Waals surface area contributed by atoms with Gasteiger partial charge in [0.25, 0.3) is 5.91 Å². The zero-order valence-electron chi connectivity index (χ0n) is 19.7. The number of rotatable bonds is 5. The Labute approximate surface area is 204 Å². The number of carbonyl (C=O) groups is 3. The minimum Gasteiger partial charge on any atom is -0.489 e. The highest BCUT2D eigenvalue weighted by Crippen LogP contribution is 2.34. The van der Waals surface area contributed by atoms with Gasteiger partial charge in [-0.25, -0.2) is 4.79 Å². The van der Waals surface area contributed by atoms with E-state index in [0.717, 1.165) is 36.8 Å². The Balaban J connectivity index is 1.22. The van der Waals surface area contributed by atoms with Gasteiger partial charge in [-0.3, -0.25) is 9.59 Å². The monoisotopic (exact) mass is 477 g/mol. The summed E-state index contributed by atoms with van der Waals surface area (Å²) in [6.45, 7) is 2.58. The minimum atomic E-state index is -0.842. The average molecular weight is 478 g/mol. The summed E-state index contributed by atoms with van der Waals surface area (Å²) in [6, 6.07) is 13.4. The number of nitrogens with one attached hydrogen (secondary N) is 1. The van der Waals surface area contributed by atoms with E-state index in [9.17, 15) is 14.4 Å². The van der Waals surface area contributed by atoms with Crippen LogP contribution in [0.3, 0.4) is 0 Å². The summed E-state index contributed by atoms with van der Waals surface area (Å²) in [5.74, 6) is 0.874. The molecule has 8 nitrogen and oxygen atoms in total. The van der Waals surface area contributed by atoms with E-state index in [1.165, 1.54) is 10.5 Å². The Hall–Kier alpha value is -3.55. The quantitative estimate of drug-likeness (QED) is 0.683. The zero-order chi connectivity index (χ0) is 24.4. The molecule has 2 aromatic rings. The Morgan fingerprint density at radius 1 is 1.03 bits per heavy atom. The third-order valence-electron chi connectivity index (χ3n) is 7.45. The van der Waals surface area contributed by atoms with Crippen molar-refractivity contribution in [3.8, 4) is 5.75 Å².